The summed E-state index contributed by atoms with van der Waals surface area (Å²) < 4.78 is 0. The number of nitrogens with zero attached hydrogens (tertiary/aromatic N) is 2. The first kappa shape index (κ1) is 17.2. The molecule has 0 spiro atoms. The van der Waals surface area contributed by atoms with Crippen molar-refractivity contribution in [2.45, 2.75) is 6.42 Å². The normalized spacial score (nSPS) is 10.9. The number of pyridine rings is 1. The number of rotatable bonds is 5. The number of carbonyl (C=O) groups excluding carboxylic acids is 1. The van der Waals surface area contributed by atoms with Crippen molar-refractivity contribution in [3.8, 4) is 11.3 Å². The standard InChI is InChI=1S/C21H17ClN4O/c22-15-7-5-14(6-8-15)20-11-18(17-3-1-2-4-19(17)26-20)21(27)24-10-9-16-12-23-13-25-16/h1-8,11-13H,9-10H2,(H,23,25)(H,24,27). The van der Waals surface area contributed by atoms with Crippen LogP contribution < -0.4 is 5.32 Å². The van der Waals surface area contributed by atoms with Crippen molar-refractivity contribution < 1.29 is 4.79 Å². The number of nitrogens with one attached hydrogen (secondary N) is 2. The number of halogens is 1. The molecule has 1 amide bonds. The van der Waals surface area contributed by atoms with Crippen molar-refractivity contribution >= 4 is 28.4 Å². The SMILES string of the molecule is O=C(NCCc1cnc[nH]1)c1cc(-c2ccc(Cl)cc2)nc2ccccc12. The fraction of sp³-hybridized carbons (Fsp3) is 0.0952. The van der Waals surface area contributed by atoms with E-state index in [0.29, 0.717) is 23.6 Å². The topological polar surface area (TPSA) is 70.7 Å². The van der Waals surface area contributed by atoms with E-state index in [1.165, 1.54) is 0 Å². The molecular formula is C21H17ClN4O. The molecule has 2 aromatic carbocycles. The average Bonchev–Trinajstić information content (AvgIpc) is 3.21. The predicted molar refractivity (Wildman–Crippen MR) is 107 cm³/mol. The molecule has 27 heavy (non-hydrogen) atoms. The zero-order valence-electron chi connectivity index (χ0n) is 14.4. The Hall–Kier alpha value is -3.18. The number of fused-ring (bicyclic) bond motifs is 1. The van der Waals surface area contributed by atoms with E-state index < -0.39 is 0 Å². The molecule has 2 N–H and O–H groups in total. The van der Waals surface area contributed by atoms with Gasteiger partial charge in [0.1, 0.15) is 0 Å². The van der Waals surface area contributed by atoms with Crippen LogP contribution in [0.5, 0.6) is 0 Å². The lowest BCUT2D eigenvalue weighted by Crippen LogP contribution is -2.26. The van der Waals surface area contributed by atoms with Gasteiger partial charge < -0.3 is 10.3 Å². The Morgan fingerprint density at radius 2 is 1.93 bits per heavy atom. The molecule has 2 aromatic heterocycles. The Bertz CT molecular complexity index is 1080. The number of benzene rings is 2. The lowest BCUT2D eigenvalue weighted by Gasteiger charge is -2.10. The van der Waals surface area contributed by atoms with Crippen molar-refractivity contribution in [1.29, 1.82) is 0 Å². The summed E-state index contributed by atoms with van der Waals surface area (Å²) in [5.74, 6) is -0.122. The van der Waals surface area contributed by atoms with Crippen molar-refractivity contribution in [3.05, 3.63) is 83.4 Å². The van der Waals surface area contributed by atoms with Crippen LogP contribution in [0.1, 0.15) is 16.1 Å². The molecular weight excluding hydrogens is 360 g/mol. The zero-order valence-corrected chi connectivity index (χ0v) is 15.2. The average molecular weight is 377 g/mol. The largest absolute Gasteiger partial charge is 0.352 e. The quantitative estimate of drug-likeness (QED) is 0.547. The van der Waals surface area contributed by atoms with Crippen LogP contribution >= 0.6 is 11.6 Å². The van der Waals surface area contributed by atoms with Crippen LogP contribution in [-0.4, -0.2) is 27.4 Å². The third kappa shape index (κ3) is 3.83. The summed E-state index contributed by atoms with van der Waals surface area (Å²) >= 11 is 5.98. The fourth-order valence-corrected chi connectivity index (χ4v) is 3.09. The van der Waals surface area contributed by atoms with Crippen molar-refractivity contribution in [2.75, 3.05) is 6.54 Å². The molecule has 0 aliphatic rings. The molecule has 4 aromatic rings. The van der Waals surface area contributed by atoms with Gasteiger partial charge in [0.25, 0.3) is 5.91 Å². The maximum atomic E-state index is 12.8. The highest BCUT2D eigenvalue weighted by atomic mass is 35.5. The van der Waals surface area contributed by atoms with E-state index in [2.05, 4.69) is 15.3 Å². The van der Waals surface area contributed by atoms with Crippen LogP contribution in [0.15, 0.2) is 67.1 Å². The van der Waals surface area contributed by atoms with Gasteiger partial charge in [0, 0.05) is 40.8 Å². The third-order valence-electron chi connectivity index (χ3n) is 4.34. The molecule has 0 radical (unpaired) electrons. The molecule has 0 unspecified atom stereocenters. The minimum Gasteiger partial charge on any atom is -0.352 e. The summed E-state index contributed by atoms with van der Waals surface area (Å²) in [5.41, 5.74) is 4.02. The maximum absolute atomic E-state index is 12.8. The summed E-state index contributed by atoms with van der Waals surface area (Å²) in [4.78, 5) is 24.6. The number of aromatic nitrogens is 3. The summed E-state index contributed by atoms with van der Waals surface area (Å²) in [6, 6.07) is 16.9. The molecule has 4 rings (SSSR count). The van der Waals surface area contributed by atoms with Gasteiger partial charge in [0.15, 0.2) is 0 Å². The Morgan fingerprint density at radius 3 is 2.70 bits per heavy atom. The minimum atomic E-state index is -0.122. The number of aromatic amines is 1. The molecule has 0 atom stereocenters. The highest BCUT2D eigenvalue weighted by Crippen LogP contribution is 2.26. The lowest BCUT2D eigenvalue weighted by molar-refractivity contribution is 0.0955. The van der Waals surface area contributed by atoms with Gasteiger partial charge in [0.05, 0.1) is 23.1 Å². The minimum absolute atomic E-state index is 0.122. The Morgan fingerprint density at radius 1 is 1.11 bits per heavy atom. The molecule has 2 heterocycles. The van der Waals surface area contributed by atoms with Gasteiger partial charge in [-0.3, -0.25) is 4.79 Å². The second-order valence-corrected chi connectivity index (χ2v) is 6.60. The zero-order chi connectivity index (χ0) is 18.6. The molecule has 0 aliphatic carbocycles. The van der Waals surface area contributed by atoms with E-state index in [1.807, 2.05) is 54.6 Å². The first-order valence-corrected chi connectivity index (χ1v) is 9.00. The summed E-state index contributed by atoms with van der Waals surface area (Å²) in [7, 11) is 0. The van der Waals surface area contributed by atoms with E-state index >= 15 is 0 Å². The molecule has 0 fully saturated rings. The van der Waals surface area contributed by atoms with Crippen LogP contribution in [0.3, 0.4) is 0 Å². The van der Waals surface area contributed by atoms with Crippen molar-refractivity contribution in [2.24, 2.45) is 0 Å². The highest BCUT2D eigenvalue weighted by Gasteiger charge is 2.13. The van der Waals surface area contributed by atoms with Gasteiger partial charge in [-0.05, 0) is 24.3 Å². The molecule has 0 saturated heterocycles. The van der Waals surface area contributed by atoms with Gasteiger partial charge in [-0.15, -0.1) is 0 Å². The van der Waals surface area contributed by atoms with Gasteiger partial charge in [-0.2, -0.15) is 0 Å². The first-order chi connectivity index (χ1) is 13.2. The fourth-order valence-electron chi connectivity index (χ4n) is 2.96. The van der Waals surface area contributed by atoms with Gasteiger partial charge in [-0.1, -0.05) is 41.9 Å². The first-order valence-electron chi connectivity index (χ1n) is 8.62. The smallest absolute Gasteiger partial charge is 0.252 e. The molecule has 0 aliphatic heterocycles. The number of hydrogen-bond donors (Lipinski definition) is 2. The number of carbonyl (C=O) groups is 1. The second-order valence-electron chi connectivity index (χ2n) is 6.16. The highest BCUT2D eigenvalue weighted by molar-refractivity contribution is 6.30. The van der Waals surface area contributed by atoms with Gasteiger partial charge >= 0.3 is 0 Å². The van der Waals surface area contributed by atoms with Crippen LogP contribution in [0, 0.1) is 0 Å². The lowest BCUT2D eigenvalue weighted by atomic mass is 10.0. The van der Waals surface area contributed by atoms with E-state index in [9.17, 15) is 4.79 Å². The molecule has 0 bridgehead atoms. The number of hydrogen-bond acceptors (Lipinski definition) is 3. The van der Waals surface area contributed by atoms with Gasteiger partial charge in [0.2, 0.25) is 0 Å². The summed E-state index contributed by atoms with van der Waals surface area (Å²) in [5, 5.41) is 4.47. The Kier molecular flexibility index (Phi) is 4.85. The molecule has 6 heteroatoms. The molecule has 134 valence electrons. The van der Waals surface area contributed by atoms with E-state index in [0.717, 1.165) is 27.9 Å². The third-order valence-corrected chi connectivity index (χ3v) is 4.59. The summed E-state index contributed by atoms with van der Waals surface area (Å²) in [6.07, 6.45) is 4.08. The number of imidazole rings is 1. The van der Waals surface area contributed by atoms with Crippen LogP contribution in [0.25, 0.3) is 22.2 Å². The summed E-state index contributed by atoms with van der Waals surface area (Å²) in [6.45, 7) is 0.522. The van der Waals surface area contributed by atoms with Crippen molar-refractivity contribution in [3.63, 3.8) is 0 Å². The predicted octanol–water partition coefficient (Wildman–Crippen LogP) is 4.25. The van der Waals surface area contributed by atoms with E-state index in [-0.39, 0.29) is 5.91 Å². The molecule has 5 nitrogen and oxygen atoms in total. The maximum Gasteiger partial charge on any atom is 0.252 e. The Labute approximate surface area is 161 Å². The van der Waals surface area contributed by atoms with E-state index in [1.54, 1.807) is 12.5 Å². The van der Waals surface area contributed by atoms with Crippen molar-refractivity contribution in [1.82, 2.24) is 20.3 Å². The number of para-hydroxylation sites is 1. The van der Waals surface area contributed by atoms with Crippen LogP contribution in [0.2, 0.25) is 5.02 Å². The monoisotopic (exact) mass is 376 g/mol. The second kappa shape index (κ2) is 7.60. The van der Waals surface area contributed by atoms with Crippen LogP contribution in [0.4, 0.5) is 0 Å². The number of amides is 1. The molecule has 0 saturated carbocycles. The number of H-pyrrole nitrogens is 1. The van der Waals surface area contributed by atoms with Gasteiger partial charge in [-0.25, -0.2) is 9.97 Å². The van der Waals surface area contributed by atoms with Crippen LogP contribution in [-0.2, 0) is 6.42 Å². The van der Waals surface area contributed by atoms with E-state index in [4.69, 9.17) is 16.6 Å². The Balaban J connectivity index is 1.65.